The number of benzene rings is 2. The van der Waals surface area contributed by atoms with Gasteiger partial charge in [-0.3, -0.25) is 9.11 Å². The molecule has 0 saturated carbocycles. The fourth-order valence-corrected chi connectivity index (χ4v) is 5.79. The molecule has 1 saturated heterocycles. The molecule has 1 fully saturated rings. The fourth-order valence-electron chi connectivity index (χ4n) is 4.25. The molecule has 1 aromatic heterocycles. The Morgan fingerprint density at radius 2 is 2.00 bits per heavy atom. The van der Waals surface area contributed by atoms with Gasteiger partial charge in [0.25, 0.3) is 0 Å². The molecule has 3 aromatic rings. The molecule has 5 N–H and O–H groups in total. The SMILES string of the molecule is Cc1ccc2nc(N3CCS(O)(O)c4ccccc4C3)cc(NC3(CN)COC3)c2c1. The Kier molecular flexibility index (Phi) is 5.07. The largest absolute Gasteiger partial charge is 0.376 e. The number of nitrogens with two attached hydrogens (primary N) is 1. The molecular weight excluding hydrogens is 412 g/mol. The van der Waals surface area contributed by atoms with Crippen molar-refractivity contribution in [2.75, 3.05) is 42.3 Å². The zero-order valence-electron chi connectivity index (χ0n) is 17.5. The van der Waals surface area contributed by atoms with Crippen LogP contribution in [0.3, 0.4) is 0 Å². The second kappa shape index (κ2) is 7.65. The van der Waals surface area contributed by atoms with Crippen molar-refractivity contribution in [2.24, 2.45) is 5.73 Å². The minimum atomic E-state index is -2.82. The normalized spacial score (nSPS) is 20.5. The first-order chi connectivity index (χ1) is 14.9. The number of rotatable bonds is 4. The maximum absolute atomic E-state index is 10.7. The lowest BCUT2D eigenvalue weighted by Gasteiger charge is -2.42. The van der Waals surface area contributed by atoms with Gasteiger partial charge in [-0.1, -0.05) is 29.8 Å². The van der Waals surface area contributed by atoms with Crippen molar-refractivity contribution in [1.82, 2.24) is 4.98 Å². The Hall–Kier alpha value is -2.36. The summed E-state index contributed by atoms with van der Waals surface area (Å²) in [5, 5.41) is 4.68. The first kappa shape index (κ1) is 20.5. The van der Waals surface area contributed by atoms with E-state index in [0.717, 1.165) is 33.5 Å². The molecule has 31 heavy (non-hydrogen) atoms. The Labute approximate surface area is 183 Å². The van der Waals surface area contributed by atoms with Gasteiger partial charge in [-0.25, -0.2) is 4.98 Å². The van der Waals surface area contributed by atoms with E-state index in [1.54, 1.807) is 0 Å². The van der Waals surface area contributed by atoms with Crippen LogP contribution in [0.1, 0.15) is 11.1 Å². The van der Waals surface area contributed by atoms with E-state index in [1.165, 1.54) is 0 Å². The van der Waals surface area contributed by atoms with Crippen LogP contribution in [0.4, 0.5) is 11.5 Å². The number of aromatic nitrogens is 1. The summed E-state index contributed by atoms with van der Waals surface area (Å²) in [5.41, 5.74) is 9.73. The average Bonchev–Trinajstić information content (AvgIpc) is 2.87. The number of anilines is 2. The molecule has 0 unspecified atom stereocenters. The third kappa shape index (κ3) is 3.75. The number of ether oxygens (including phenoxy) is 1. The second-order valence-corrected chi connectivity index (χ2v) is 10.7. The fraction of sp³-hybridized carbons (Fsp3) is 0.348. The summed E-state index contributed by atoms with van der Waals surface area (Å²) in [6, 6.07) is 15.8. The molecule has 2 aromatic carbocycles. The summed E-state index contributed by atoms with van der Waals surface area (Å²) in [5.74, 6) is 1.08. The lowest BCUT2D eigenvalue weighted by Crippen LogP contribution is -2.60. The summed E-state index contributed by atoms with van der Waals surface area (Å²) >= 11 is 0. The highest BCUT2D eigenvalue weighted by molar-refractivity contribution is 8.24. The van der Waals surface area contributed by atoms with Gasteiger partial charge in [0, 0.05) is 36.8 Å². The molecule has 0 atom stereocenters. The van der Waals surface area contributed by atoms with E-state index >= 15 is 0 Å². The minimum Gasteiger partial charge on any atom is -0.376 e. The molecule has 0 radical (unpaired) electrons. The van der Waals surface area contributed by atoms with Crippen molar-refractivity contribution in [3.8, 4) is 0 Å². The quantitative estimate of drug-likeness (QED) is 0.489. The lowest BCUT2D eigenvalue weighted by atomic mass is 9.96. The predicted molar refractivity (Wildman–Crippen MR) is 126 cm³/mol. The van der Waals surface area contributed by atoms with E-state index in [9.17, 15) is 9.11 Å². The molecule has 164 valence electrons. The number of fused-ring (bicyclic) bond motifs is 2. The van der Waals surface area contributed by atoms with Crippen molar-refractivity contribution in [2.45, 2.75) is 23.9 Å². The minimum absolute atomic E-state index is 0.268. The molecule has 2 aliphatic rings. The van der Waals surface area contributed by atoms with Crippen LogP contribution in [-0.2, 0) is 11.3 Å². The van der Waals surface area contributed by atoms with Crippen molar-refractivity contribution >= 4 is 33.0 Å². The van der Waals surface area contributed by atoms with Crippen LogP contribution in [0, 0.1) is 6.92 Å². The van der Waals surface area contributed by atoms with Crippen LogP contribution >= 0.6 is 10.6 Å². The van der Waals surface area contributed by atoms with Crippen molar-refractivity contribution in [3.63, 3.8) is 0 Å². The van der Waals surface area contributed by atoms with Crippen LogP contribution in [0.25, 0.3) is 10.9 Å². The maximum Gasteiger partial charge on any atom is 0.131 e. The Morgan fingerprint density at radius 1 is 1.19 bits per heavy atom. The number of aryl methyl sites for hydroxylation is 1. The Balaban J connectivity index is 1.58. The number of hydrogen-bond donors (Lipinski definition) is 4. The standard InChI is InChI=1S/C23H28N4O3S/c1-16-6-7-19-18(10-16)20(26-23(13-24)14-30-15-23)11-22(25-19)27-8-9-31(28,29)21-5-3-2-4-17(21)12-27/h2-7,10-11,28-29H,8-9,12-15,24H2,1H3,(H,25,26). The van der Waals surface area contributed by atoms with Gasteiger partial charge < -0.3 is 20.7 Å². The van der Waals surface area contributed by atoms with Gasteiger partial charge in [0.05, 0.1) is 34.9 Å². The molecule has 0 amide bonds. The van der Waals surface area contributed by atoms with Crippen LogP contribution in [-0.4, -0.2) is 51.7 Å². The third-order valence-corrected chi connectivity index (χ3v) is 8.01. The van der Waals surface area contributed by atoms with E-state index in [1.807, 2.05) is 30.3 Å². The monoisotopic (exact) mass is 440 g/mol. The molecule has 0 spiro atoms. The summed E-state index contributed by atoms with van der Waals surface area (Å²) in [6.45, 7) is 4.78. The molecule has 5 rings (SSSR count). The van der Waals surface area contributed by atoms with E-state index in [4.69, 9.17) is 15.5 Å². The molecule has 3 heterocycles. The smallest absolute Gasteiger partial charge is 0.131 e. The first-order valence-electron chi connectivity index (χ1n) is 10.5. The summed E-state index contributed by atoms with van der Waals surface area (Å²) in [4.78, 5) is 7.69. The summed E-state index contributed by atoms with van der Waals surface area (Å²) in [7, 11) is -2.82. The van der Waals surface area contributed by atoms with Crippen LogP contribution in [0.2, 0.25) is 0 Å². The topological polar surface area (TPSA) is 104 Å². The average molecular weight is 441 g/mol. The number of hydrogen-bond acceptors (Lipinski definition) is 7. The molecule has 8 heteroatoms. The van der Waals surface area contributed by atoms with Gasteiger partial charge in [-0.2, -0.15) is 10.6 Å². The van der Waals surface area contributed by atoms with Crippen LogP contribution in [0.5, 0.6) is 0 Å². The third-order valence-electron chi connectivity index (χ3n) is 6.15. The molecule has 2 aliphatic heterocycles. The van der Waals surface area contributed by atoms with Crippen molar-refractivity contribution in [1.29, 1.82) is 0 Å². The zero-order chi connectivity index (χ0) is 21.6. The highest BCUT2D eigenvalue weighted by Gasteiger charge is 2.37. The number of nitrogens with zero attached hydrogens (tertiary/aromatic N) is 2. The van der Waals surface area contributed by atoms with Crippen LogP contribution < -0.4 is 16.0 Å². The first-order valence-corrected chi connectivity index (χ1v) is 12.2. The van der Waals surface area contributed by atoms with E-state index < -0.39 is 10.6 Å². The van der Waals surface area contributed by atoms with Crippen molar-refractivity contribution < 1.29 is 13.8 Å². The van der Waals surface area contributed by atoms with E-state index in [-0.39, 0.29) is 11.3 Å². The lowest BCUT2D eigenvalue weighted by molar-refractivity contribution is -0.0365. The molecule has 7 nitrogen and oxygen atoms in total. The summed E-state index contributed by atoms with van der Waals surface area (Å²) in [6.07, 6.45) is 0. The Bertz CT molecular complexity index is 1130. The van der Waals surface area contributed by atoms with Gasteiger partial charge in [-0.15, -0.1) is 0 Å². The summed E-state index contributed by atoms with van der Waals surface area (Å²) < 4.78 is 26.8. The van der Waals surface area contributed by atoms with E-state index in [0.29, 0.717) is 37.7 Å². The number of nitrogens with one attached hydrogen (secondary N) is 1. The van der Waals surface area contributed by atoms with Gasteiger partial charge in [0.2, 0.25) is 0 Å². The molecule has 0 aliphatic carbocycles. The maximum atomic E-state index is 10.7. The zero-order valence-corrected chi connectivity index (χ0v) is 18.4. The van der Waals surface area contributed by atoms with Gasteiger partial charge >= 0.3 is 0 Å². The van der Waals surface area contributed by atoms with Gasteiger partial charge in [0.15, 0.2) is 0 Å². The van der Waals surface area contributed by atoms with Crippen molar-refractivity contribution in [3.05, 3.63) is 59.7 Å². The highest BCUT2D eigenvalue weighted by Crippen LogP contribution is 2.51. The second-order valence-electron chi connectivity index (χ2n) is 8.55. The Morgan fingerprint density at radius 3 is 2.74 bits per heavy atom. The van der Waals surface area contributed by atoms with Gasteiger partial charge in [0.1, 0.15) is 5.82 Å². The van der Waals surface area contributed by atoms with Gasteiger partial charge in [-0.05, 0) is 30.7 Å². The van der Waals surface area contributed by atoms with E-state index in [2.05, 4.69) is 35.3 Å². The predicted octanol–water partition coefficient (Wildman–Crippen LogP) is 3.81. The molecular formula is C23H28N4O3S. The highest BCUT2D eigenvalue weighted by atomic mass is 32.3. The van der Waals surface area contributed by atoms with Crippen LogP contribution in [0.15, 0.2) is 53.4 Å². The number of pyridine rings is 1. The molecule has 0 bridgehead atoms.